The lowest BCUT2D eigenvalue weighted by atomic mass is 9.89. The maximum Gasteiger partial charge on any atom is 0.255 e. The molecule has 1 unspecified atom stereocenters. The van der Waals surface area contributed by atoms with Gasteiger partial charge >= 0.3 is 0 Å². The lowest BCUT2D eigenvalue weighted by molar-refractivity contribution is -0.151. The van der Waals surface area contributed by atoms with Crippen molar-refractivity contribution in [3.63, 3.8) is 0 Å². The fourth-order valence-corrected chi connectivity index (χ4v) is 4.65. The molecular weight excluding hydrogens is 447 g/mol. The number of rotatable bonds is 4. The summed E-state index contributed by atoms with van der Waals surface area (Å²) in [5.41, 5.74) is -0.455. The van der Waals surface area contributed by atoms with Gasteiger partial charge in [-0.05, 0) is 42.3 Å². The molecule has 2 heterocycles. The predicted molar refractivity (Wildman–Crippen MR) is 120 cm³/mol. The Morgan fingerprint density at radius 3 is 2.58 bits per heavy atom. The smallest absolute Gasteiger partial charge is 0.255 e. The van der Waals surface area contributed by atoms with E-state index < -0.39 is 17.3 Å². The fourth-order valence-electron chi connectivity index (χ4n) is 4.52. The maximum absolute atomic E-state index is 14.8. The van der Waals surface area contributed by atoms with Crippen molar-refractivity contribution >= 4 is 35.0 Å². The second-order valence-corrected chi connectivity index (χ2v) is 8.66. The molecule has 0 radical (unpaired) electrons. The van der Waals surface area contributed by atoms with Gasteiger partial charge in [-0.3, -0.25) is 19.3 Å². The molecule has 2 fully saturated rings. The fraction of sp³-hybridized carbons (Fsp3) is 0.333. The van der Waals surface area contributed by atoms with Gasteiger partial charge in [0.2, 0.25) is 11.8 Å². The van der Waals surface area contributed by atoms with Crippen LogP contribution in [0, 0.1) is 17.1 Å². The molecule has 4 rings (SSSR count). The van der Waals surface area contributed by atoms with Gasteiger partial charge in [0, 0.05) is 24.5 Å². The first kappa shape index (κ1) is 22.7. The topological polar surface area (TPSA) is 84.7 Å². The Morgan fingerprint density at radius 2 is 1.94 bits per heavy atom. The highest BCUT2D eigenvalue weighted by molar-refractivity contribution is 6.30. The Hall–Kier alpha value is -3.44. The molecule has 9 heteroatoms. The number of anilines is 1. The molecule has 2 aliphatic rings. The lowest BCUT2D eigenvalue weighted by Crippen LogP contribution is -2.69. The Kier molecular flexibility index (Phi) is 6.09. The molecule has 2 aromatic carbocycles. The van der Waals surface area contributed by atoms with Crippen LogP contribution in [0.15, 0.2) is 42.5 Å². The van der Waals surface area contributed by atoms with Crippen LogP contribution in [0.1, 0.15) is 30.9 Å². The van der Waals surface area contributed by atoms with Gasteiger partial charge in [-0.25, -0.2) is 4.39 Å². The number of amides is 3. The van der Waals surface area contributed by atoms with E-state index in [0.29, 0.717) is 11.6 Å². The van der Waals surface area contributed by atoms with Crippen molar-refractivity contribution < 1.29 is 18.8 Å². The number of carbonyl (C=O) groups excluding carboxylic acids is 3. The first-order valence-electron chi connectivity index (χ1n) is 10.6. The molecule has 2 saturated heterocycles. The highest BCUT2D eigenvalue weighted by atomic mass is 35.5. The van der Waals surface area contributed by atoms with Gasteiger partial charge in [0.15, 0.2) is 0 Å². The van der Waals surface area contributed by atoms with Crippen LogP contribution in [0.4, 0.5) is 10.1 Å². The summed E-state index contributed by atoms with van der Waals surface area (Å²) in [5.74, 6) is -1.65. The van der Waals surface area contributed by atoms with Crippen molar-refractivity contribution in [1.82, 2.24) is 9.80 Å². The van der Waals surface area contributed by atoms with Gasteiger partial charge in [0.1, 0.15) is 17.9 Å². The van der Waals surface area contributed by atoms with Gasteiger partial charge in [-0.15, -0.1) is 0 Å². The van der Waals surface area contributed by atoms with Gasteiger partial charge in [-0.2, -0.15) is 5.26 Å². The van der Waals surface area contributed by atoms with Gasteiger partial charge in [-0.1, -0.05) is 30.7 Å². The number of likely N-dealkylation sites (tertiary alicyclic amines) is 1. The maximum atomic E-state index is 14.8. The number of carbonyl (C=O) groups is 3. The molecule has 2 aliphatic heterocycles. The Balaban J connectivity index is 1.74. The molecule has 2 aromatic rings. The SMILES string of the molecule is CCC(=O)N1CCC2(C1)C(=O)N(c1ccc(C#N)cc1F)CC(=O)N2Cc1ccc(Cl)cc1. The van der Waals surface area contributed by atoms with Crippen LogP contribution in [0.25, 0.3) is 0 Å². The molecule has 0 N–H and O–H groups in total. The van der Waals surface area contributed by atoms with E-state index in [1.165, 1.54) is 17.0 Å². The van der Waals surface area contributed by atoms with Crippen molar-refractivity contribution in [3.05, 3.63) is 64.4 Å². The normalized spacial score (nSPS) is 20.5. The monoisotopic (exact) mass is 468 g/mol. The van der Waals surface area contributed by atoms with Crippen molar-refractivity contribution in [1.29, 1.82) is 5.26 Å². The number of nitriles is 1. The van der Waals surface area contributed by atoms with E-state index in [2.05, 4.69) is 0 Å². The molecule has 1 atom stereocenters. The molecule has 0 aliphatic carbocycles. The lowest BCUT2D eigenvalue weighted by Gasteiger charge is -2.47. The zero-order valence-electron chi connectivity index (χ0n) is 18.1. The first-order valence-corrected chi connectivity index (χ1v) is 11.0. The Labute approximate surface area is 195 Å². The number of piperazine rings is 1. The standard InChI is InChI=1S/C24H22ClFN4O3/c1-2-21(31)28-10-9-24(15-28)23(33)29(20-8-5-17(12-27)11-19(20)26)14-22(32)30(24)13-16-3-6-18(25)7-4-16/h3-8,11H,2,9-10,13-15H2,1H3. The molecule has 3 amide bonds. The highest BCUT2D eigenvalue weighted by Crippen LogP contribution is 2.37. The third-order valence-corrected chi connectivity index (χ3v) is 6.53. The van der Waals surface area contributed by atoms with Crippen LogP contribution in [0.2, 0.25) is 5.02 Å². The summed E-state index contributed by atoms with van der Waals surface area (Å²) in [7, 11) is 0. The minimum atomic E-state index is -1.31. The van der Waals surface area contributed by atoms with E-state index in [4.69, 9.17) is 16.9 Å². The molecular formula is C24H22ClFN4O3. The van der Waals surface area contributed by atoms with E-state index in [1.54, 1.807) is 36.1 Å². The van der Waals surface area contributed by atoms with Crippen molar-refractivity contribution in [2.24, 2.45) is 0 Å². The van der Waals surface area contributed by atoms with Gasteiger partial charge in [0.25, 0.3) is 5.91 Å². The van der Waals surface area contributed by atoms with Crippen molar-refractivity contribution in [2.75, 3.05) is 24.5 Å². The highest BCUT2D eigenvalue weighted by Gasteiger charge is 2.57. The van der Waals surface area contributed by atoms with E-state index >= 15 is 0 Å². The predicted octanol–water partition coefficient (Wildman–Crippen LogP) is 3.11. The minimum Gasteiger partial charge on any atom is -0.340 e. The van der Waals surface area contributed by atoms with Crippen LogP contribution >= 0.6 is 11.6 Å². The summed E-state index contributed by atoms with van der Waals surface area (Å²) in [6.07, 6.45) is 0.536. The molecule has 0 saturated carbocycles. The molecule has 1 spiro atoms. The molecule has 0 aromatic heterocycles. The third-order valence-electron chi connectivity index (χ3n) is 6.28. The van der Waals surface area contributed by atoms with Crippen LogP contribution in [-0.2, 0) is 20.9 Å². The summed E-state index contributed by atoms with van der Waals surface area (Å²) in [6, 6.07) is 12.6. The second kappa shape index (κ2) is 8.83. The molecule has 7 nitrogen and oxygen atoms in total. The van der Waals surface area contributed by atoms with E-state index in [1.807, 2.05) is 6.07 Å². The summed E-state index contributed by atoms with van der Waals surface area (Å²) >= 11 is 5.98. The van der Waals surface area contributed by atoms with E-state index in [-0.39, 0.29) is 55.5 Å². The summed E-state index contributed by atoms with van der Waals surface area (Å²) < 4.78 is 14.8. The van der Waals surface area contributed by atoms with Crippen LogP contribution in [0.3, 0.4) is 0 Å². The second-order valence-electron chi connectivity index (χ2n) is 8.23. The van der Waals surface area contributed by atoms with E-state index in [0.717, 1.165) is 16.5 Å². The van der Waals surface area contributed by atoms with Crippen molar-refractivity contribution in [3.8, 4) is 6.07 Å². The first-order chi connectivity index (χ1) is 15.8. The van der Waals surface area contributed by atoms with Crippen molar-refractivity contribution in [2.45, 2.75) is 31.8 Å². The Bertz CT molecular complexity index is 1160. The zero-order valence-corrected chi connectivity index (χ0v) is 18.8. The quantitative estimate of drug-likeness (QED) is 0.690. The zero-order chi connectivity index (χ0) is 23.8. The third kappa shape index (κ3) is 4.05. The largest absolute Gasteiger partial charge is 0.340 e. The molecule has 33 heavy (non-hydrogen) atoms. The number of hydrogen-bond donors (Lipinski definition) is 0. The number of nitrogens with zero attached hydrogens (tertiary/aromatic N) is 4. The average molecular weight is 469 g/mol. The summed E-state index contributed by atoms with van der Waals surface area (Å²) in [6.45, 7) is 1.95. The summed E-state index contributed by atoms with van der Waals surface area (Å²) in [5, 5.41) is 9.57. The van der Waals surface area contributed by atoms with E-state index in [9.17, 15) is 18.8 Å². The number of halogens is 2. The van der Waals surface area contributed by atoms with Gasteiger partial charge < -0.3 is 9.80 Å². The summed E-state index contributed by atoms with van der Waals surface area (Å²) in [4.78, 5) is 43.8. The van der Waals surface area contributed by atoms with Crippen LogP contribution in [0.5, 0.6) is 0 Å². The number of benzene rings is 2. The van der Waals surface area contributed by atoms with Crippen LogP contribution in [-0.4, -0.2) is 52.7 Å². The number of hydrogen-bond acceptors (Lipinski definition) is 4. The molecule has 170 valence electrons. The minimum absolute atomic E-state index is 0.0479. The Morgan fingerprint density at radius 1 is 1.21 bits per heavy atom. The van der Waals surface area contributed by atoms with Gasteiger partial charge in [0.05, 0.1) is 23.9 Å². The molecule has 0 bridgehead atoms. The average Bonchev–Trinajstić information content (AvgIpc) is 3.26. The van der Waals surface area contributed by atoms with Crippen LogP contribution < -0.4 is 4.90 Å².